The maximum atomic E-state index is 14.7. The summed E-state index contributed by atoms with van der Waals surface area (Å²) < 4.78 is 98.2. The Labute approximate surface area is 298 Å². The minimum atomic E-state index is -5.82. The molecular weight excluding hydrogens is 688 g/mol. The lowest BCUT2D eigenvalue weighted by molar-refractivity contribution is -0.392. The van der Waals surface area contributed by atoms with Crippen LogP contribution in [0.5, 0.6) is 0 Å². The predicted octanol–water partition coefficient (Wildman–Crippen LogP) is 7.60. The van der Waals surface area contributed by atoms with Gasteiger partial charge in [-0.05, 0) is 63.1 Å². The molecule has 0 bridgehead atoms. The van der Waals surface area contributed by atoms with Crippen molar-refractivity contribution in [1.29, 1.82) is 0 Å². The van der Waals surface area contributed by atoms with Crippen LogP contribution in [0, 0.1) is 0 Å². The molecule has 2 aliphatic rings. The molecule has 4 aromatic rings. The highest BCUT2D eigenvalue weighted by Crippen LogP contribution is 2.54. The molecule has 1 unspecified atom stereocenters. The van der Waals surface area contributed by atoms with Gasteiger partial charge in [0.1, 0.15) is 0 Å². The number of anilines is 1. The number of piperazine rings is 1. The molecule has 2 aromatic heterocycles. The van der Waals surface area contributed by atoms with E-state index >= 15 is 0 Å². The van der Waals surface area contributed by atoms with Crippen molar-refractivity contribution >= 4 is 28.6 Å². The minimum Gasteiger partial charge on any atom is -0.463 e. The van der Waals surface area contributed by atoms with Crippen LogP contribution in [-0.2, 0) is 27.3 Å². The lowest BCUT2D eigenvalue weighted by atomic mass is 9.89. The van der Waals surface area contributed by atoms with Crippen LogP contribution in [0.3, 0.4) is 0 Å². The first-order valence-corrected chi connectivity index (χ1v) is 17.0. The zero-order valence-electron chi connectivity index (χ0n) is 29.3. The average molecular weight is 730 g/mol. The number of aromatic nitrogens is 1. The highest BCUT2D eigenvalue weighted by Gasteiger charge is 2.73. The van der Waals surface area contributed by atoms with E-state index in [-0.39, 0.29) is 35.7 Å². The molecule has 2 aliphatic heterocycles. The van der Waals surface area contributed by atoms with Crippen LogP contribution in [0.1, 0.15) is 50.1 Å². The first-order valence-electron chi connectivity index (χ1n) is 17.0. The number of halogens is 6. The first-order chi connectivity index (χ1) is 24.6. The zero-order valence-corrected chi connectivity index (χ0v) is 29.3. The van der Waals surface area contributed by atoms with Gasteiger partial charge in [0.25, 0.3) is 5.60 Å². The highest BCUT2D eigenvalue weighted by molar-refractivity contribution is 5.80. The SMILES string of the molecule is CC=Cc1cc(C(OCc2ccccc2)(C(F)(F)F)C(F)(F)F)ccc1N1C[C@H](C)N(C(=O)CN2CN[C@@](C)(c3cc4ccoc4cn3)C2)CC1C. The number of benzene rings is 2. The lowest BCUT2D eigenvalue weighted by Gasteiger charge is -2.46. The van der Waals surface area contributed by atoms with E-state index in [9.17, 15) is 31.1 Å². The number of hydrogen-bond donors (Lipinski definition) is 1. The van der Waals surface area contributed by atoms with Crippen LogP contribution in [-0.4, -0.2) is 78.0 Å². The fraction of sp³-hybridized carbons (Fsp3) is 0.421. The zero-order chi connectivity index (χ0) is 37.5. The molecule has 14 heteroatoms. The molecule has 1 N–H and O–H groups in total. The van der Waals surface area contributed by atoms with Gasteiger partial charge >= 0.3 is 12.4 Å². The summed E-state index contributed by atoms with van der Waals surface area (Å²) in [5, 5.41) is 4.42. The van der Waals surface area contributed by atoms with Gasteiger partial charge in [0.2, 0.25) is 5.91 Å². The Hall–Kier alpha value is -4.40. The van der Waals surface area contributed by atoms with Gasteiger partial charge in [0, 0.05) is 55.0 Å². The van der Waals surface area contributed by atoms with Crippen LogP contribution in [0.25, 0.3) is 17.0 Å². The van der Waals surface area contributed by atoms with Crippen molar-refractivity contribution < 1.29 is 40.3 Å². The second-order valence-electron chi connectivity index (χ2n) is 13.8. The van der Waals surface area contributed by atoms with Gasteiger partial charge < -0.3 is 19.0 Å². The molecule has 0 saturated carbocycles. The summed E-state index contributed by atoms with van der Waals surface area (Å²) in [6.45, 7) is 8.33. The van der Waals surface area contributed by atoms with Crippen molar-refractivity contribution in [1.82, 2.24) is 20.1 Å². The molecule has 6 rings (SSSR count). The molecule has 2 saturated heterocycles. The lowest BCUT2D eigenvalue weighted by Crippen LogP contribution is -2.59. The summed E-state index contributed by atoms with van der Waals surface area (Å²) in [5.41, 5.74) is -3.81. The number of carbonyl (C=O) groups is 1. The Morgan fingerprint density at radius 1 is 1.02 bits per heavy atom. The van der Waals surface area contributed by atoms with Gasteiger partial charge in [0.05, 0.1) is 36.8 Å². The van der Waals surface area contributed by atoms with Gasteiger partial charge in [0.15, 0.2) is 5.58 Å². The van der Waals surface area contributed by atoms with Crippen molar-refractivity contribution in [2.45, 2.75) is 69.9 Å². The molecule has 1 amide bonds. The van der Waals surface area contributed by atoms with Gasteiger partial charge in [-0.2, -0.15) is 26.3 Å². The number of ether oxygens (including phenoxy) is 1. The van der Waals surface area contributed by atoms with Crippen LogP contribution in [0.15, 0.2) is 83.6 Å². The van der Waals surface area contributed by atoms with E-state index in [4.69, 9.17) is 9.15 Å². The largest absolute Gasteiger partial charge is 0.463 e. The minimum absolute atomic E-state index is 0.0805. The molecule has 0 spiro atoms. The Morgan fingerprint density at radius 2 is 1.75 bits per heavy atom. The smallest absolute Gasteiger partial charge is 0.430 e. The molecule has 278 valence electrons. The van der Waals surface area contributed by atoms with E-state index in [0.29, 0.717) is 37.6 Å². The van der Waals surface area contributed by atoms with Crippen molar-refractivity contribution in [3.8, 4) is 0 Å². The molecular formula is C38H41F6N5O3. The summed E-state index contributed by atoms with van der Waals surface area (Å²) in [5.74, 6) is -0.0805. The third kappa shape index (κ3) is 7.03. The third-order valence-electron chi connectivity index (χ3n) is 9.99. The highest BCUT2D eigenvalue weighted by atomic mass is 19.4. The maximum Gasteiger partial charge on any atom is 0.430 e. The van der Waals surface area contributed by atoms with E-state index in [2.05, 4.69) is 10.3 Å². The Bertz CT molecular complexity index is 1900. The average Bonchev–Trinajstić information content (AvgIpc) is 3.72. The summed E-state index contributed by atoms with van der Waals surface area (Å²) in [7, 11) is 0. The molecule has 8 nitrogen and oxygen atoms in total. The number of rotatable bonds is 9. The normalized spacial score (nSPS) is 22.2. The molecule has 52 heavy (non-hydrogen) atoms. The van der Waals surface area contributed by atoms with Crippen LogP contribution >= 0.6 is 0 Å². The number of furan rings is 1. The number of hydrogen-bond acceptors (Lipinski definition) is 7. The molecule has 3 atom stereocenters. The second-order valence-corrected chi connectivity index (χ2v) is 13.8. The molecule has 2 fully saturated rings. The fourth-order valence-corrected chi connectivity index (χ4v) is 7.24. The molecule has 4 heterocycles. The number of amides is 1. The van der Waals surface area contributed by atoms with Gasteiger partial charge in [-0.3, -0.25) is 20.0 Å². The first kappa shape index (κ1) is 37.4. The third-order valence-corrected chi connectivity index (χ3v) is 9.99. The van der Waals surface area contributed by atoms with Crippen molar-refractivity contribution in [3.63, 3.8) is 0 Å². The topological polar surface area (TPSA) is 74.1 Å². The summed E-state index contributed by atoms with van der Waals surface area (Å²) >= 11 is 0. The summed E-state index contributed by atoms with van der Waals surface area (Å²) in [6.07, 6.45) is -5.31. The van der Waals surface area contributed by atoms with Crippen molar-refractivity contribution in [2.75, 3.05) is 37.7 Å². The predicted molar refractivity (Wildman–Crippen MR) is 185 cm³/mol. The van der Waals surface area contributed by atoms with Crippen LogP contribution in [0.4, 0.5) is 32.0 Å². The quantitative estimate of drug-likeness (QED) is 0.178. The van der Waals surface area contributed by atoms with Crippen molar-refractivity contribution in [3.05, 3.63) is 102 Å². The Kier molecular flexibility index (Phi) is 10.2. The standard InChI is InChI=1S/C38H41F6N5O3/c1-5-9-28-16-30(36(37(39,40)41,38(42,43)44)52-22-27-10-7-6-8-11-27)12-13-31(28)48-19-26(3)49(20-25(48)2)34(50)21-47-23-35(4,46-24-47)33-17-29-14-15-51-32(29)18-45-33/h5-18,25-26,46H,19-24H2,1-4H3/t25?,26-,35+/m0/s1. The van der Waals surface area contributed by atoms with Gasteiger partial charge in [-0.25, -0.2) is 0 Å². The van der Waals surface area contributed by atoms with E-state index in [0.717, 1.165) is 23.2 Å². The number of pyridine rings is 1. The van der Waals surface area contributed by atoms with Crippen LogP contribution < -0.4 is 10.2 Å². The molecule has 0 radical (unpaired) electrons. The van der Waals surface area contributed by atoms with E-state index in [1.807, 2.05) is 42.7 Å². The van der Waals surface area contributed by atoms with Gasteiger partial charge in [-0.15, -0.1) is 0 Å². The number of nitrogens with zero attached hydrogens (tertiary/aromatic N) is 4. The van der Waals surface area contributed by atoms with Crippen LogP contribution in [0.2, 0.25) is 0 Å². The van der Waals surface area contributed by atoms with E-state index in [1.54, 1.807) is 36.4 Å². The number of carbonyl (C=O) groups excluding carboxylic acids is 1. The number of allylic oxidation sites excluding steroid dienone is 1. The maximum absolute atomic E-state index is 14.7. The molecule has 0 aliphatic carbocycles. The second kappa shape index (κ2) is 14.2. The Balaban J connectivity index is 1.20. The fourth-order valence-electron chi connectivity index (χ4n) is 7.24. The summed E-state index contributed by atoms with van der Waals surface area (Å²) in [4.78, 5) is 24.0. The monoisotopic (exact) mass is 729 g/mol. The van der Waals surface area contributed by atoms with Crippen molar-refractivity contribution in [2.24, 2.45) is 0 Å². The van der Waals surface area contributed by atoms with E-state index < -0.39 is 35.7 Å². The number of fused-ring (bicyclic) bond motifs is 1. The number of alkyl halides is 6. The van der Waals surface area contributed by atoms with E-state index in [1.165, 1.54) is 36.4 Å². The molecule has 2 aromatic carbocycles. The Morgan fingerprint density at radius 3 is 2.44 bits per heavy atom. The number of nitrogens with one attached hydrogen (secondary N) is 1. The summed E-state index contributed by atoms with van der Waals surface area (Å²) in [6, 6.07) is 13.7. The van der Waals surface area contributed by atoms with Gasteiger partial charge in [-0.1, -0.05) is 48.6 Å².